The maximum atomic E-state index is 10.0. The Morgan fingerprint density at radius 3 is 2.42 bits per heavy atom. The molecule has 0 radical (unpaired) electrons. The van der Waals surface area contributed by atoms with Gasteiger partial charge in [-0.3, -0.25) is 0 Å². The van der Waals surface area contributed by atoms with E-state index in [1.807, 2.05) is 30.9 Å². The van der Waals surface area contributed by atoms with Gasteiger partial charge >= 0.3 is 0 Å². The lowest BCUT2D eigenvalue weighted by Crippen LogP contribution is -2.41. The summed E-state index contributed by atoms with van der Waals surface area (Å²) in [4.78, 5) is 13.1. The van der Waals surface area contributed by atoms with Gasteiger partial charge in [0, 0.05) is 6.04 Å². The quantitative estimate of drug-likeness (QED) is 0.352. The zero-order valence-electron chi connectivity index (χ0n) is 11.6. The largest absolute Gasteiger partial charge is 0.548 e. The maximum Gasteiger partial charge on any atom is 0.270 e. The van der Waals surface area contributed by atoms with Crippen LogP contribution in [0.25, 0.3) is 0 Å². The fraction of sp³-hybridized carbons (Fsp3) is 0.667. The van der Waals surface area contributed by atoms with Crippen LogP contribution in [0.15, 0.2) is 12.4 Å². The van der Waals surface area contributed by atoms with Crippen molar-refractivity contribution in [2.45, 2.75) is 38.3 Å². The molecule has 0 bridgehead atoms. The second kappa shape index (κ2) is 9.48. The Kier molecular flexibility index (Phi) is 8.77. The molecule has 7 N–H and O–H groups in total. The van der Waals surface area contributed by atoms with Crippen molar-refractivity contribution >= 4 is 5.97 Å². The van der Waals surface area contributed by atoms with Crippen LogP contribution < -0.4 is 26.9 Å². The van der Waals surface area contributed by atoms with Crippen LogP contribution in [0.5, 0.6) is 0 Å². The van der Waals surface area contributed by atoms with Crippen LogP contribution in [0.2, 0.25) is 0 Å². The van der Waals surface area contributed by atoms with Gasteiger partial charge in [0.25, 0.3) is 5.82 Å². The fourth-order valence-corrected chi connectivity index (χ4v) is 1.50. The number of aromatic nitrogens is 2. The van der Waals surface area contributed by atoms with Crippen LogP contribution in [-0.2, 0) is 11.8 Å². The molecule has 1 rings (SSSR count). The van der Waals surface area contributed by atoms with Crippen LogP contribution in [0.1, 0.15) is 38.1 Å². The van der Waals surface area contributed by atoms with Gasteiger partial charge in [-0.05, 0) is 26.3 Å². The van der Waals surface area contributed by atoms with Crippen molar-refractivity contribution in [1.82, 2.24) is 4.98 Å². The normalized spacial score (nSPS) is 13.3. The van der Waals surface area contributed by atoms with E-state index >= 15 is 0 Å². The van der Waals surface area contributed by atoms with Gasteiger partial charge in [-0.15, -0.1) is 0 Å². The van der Waals surface area contributed by atoms with E-state index in [4.69, 9.17) is 17.2 Å². The van der Waals surface area contributed by atoms with Gasteiger partial charge in [0.1, 0.15) is 18.4 Å². The highest BCUT2D eigenvalue weighted by Gasteiger charge is 2.09. The standard InChI is InChI=1S/C6H11N3.C6H14N2O2/c1-5(7)6-8-3-4-9(6)2;7-4-2-1-3-5(8)6(9)10/h3-5H,7H2,1-2H3;5H,1-4,7-8H2,(H,9,10)/t;5-/m.0/s1. The number of aryl methyl sites for hydroxylation is 1. The number of hydrogen-bond acceptors (Lipinski definition) is 5. The summed E-state index contributed by atoms with van der Waals surface area (Å²) in [7, 11) is 1.97. The molecule has 0 spiro atoms. The number of aliphatic carboxylic acids is 1. The minimum Gasteiger partial charge on any atom is -0.548 e. The second-order valence-corrected chi connectivity index (χ2v) is 4.45. The molecule has 1 heterocycles. The van der Waals surface area contributed by atoms with Gasteiger partial charge in [-0.2, -0.15) is 0 Å². The molecule has 1 unspecified atom stereocenters. The topological polar surface area (TPSA) is 138 Å². The number of nitrogens with zero attached hydrogens (tertiary/aromatic N) is 1. The molecule has 0 aliphatic heterocycles. The minimum atomic E-state index is -1.18. The maximum absolute atomic E-state index is 10.0. The highest BCUT2D eigenvalue weighted by atomic mass is 16.4. The molecule has 0 saturated heterocycles. The van der Waals surface area contributed by atoms with Crippen LogP contribution in [-0.4, -0.2) is 23.5 Å². The molecule has 2 atom stereocenters. The molecule has 0 amide bonds. The number of H-pyrrole nitrogens is 1. The summed E-state index contributed by atoms with van der Waals surface area (Å²) < 4.78 is 1.98. The third kappa shape index (κ3) is 7.55. The van der Waals surface area contributed by atoms with Crippen LogP contribution >= 0.6 is 0 Å². The number of carboxylic acid groups (broad SMARTS) is 1. The molecule has 0 fully saturated rings. The van der Waals surface area contributed by atoms with Gasteiger partial charge in [0.15, 0.2) is 0 Å². The molecule has 0 saturated carbocycles. The van der Waals surface area contributed by atoms with Gasteiger partial charge in [0.2, 0.25) is 0 Å². The minimum absolute atomic E-state index is 0.0880. The lowest BCUT2D eigenvalue weighted by Gasteiger charge is -2.10. The van der Waals surface area contributed by atoms with E-state index < -0.39 is 12.0 Å². The number of nitrogens with one attached hydrogen (secondary N) is 1. The first-order chi connectivity index (χ1) is 8.90. The molecule has 0 aliphatic rings. The third-order valence-electron chi connectivity index (χ3n) is 2.61. The predicted octanol–water partition coefficient (Wildman–Crippen LogP) is -1.95. The van der Waals surface area contributed by atoms with Crippen molar-refractivity contribution in [2.24, 2.45) is 24.2 Å². The van der Waals surface area contributed by atoms with Gasteiger partial charge < -0.3 is 27.1 Å². The Morgan fingerprint density at radius 1 is 1.47 bits per heavy atom. The molecule has 0 aromatic carbocycles. The molecule has 19 heavy (non-hydrogen) atoms. The zero-order valence-corrected chi connectivity index (χ0v) is 11.6. The van der Waals surface area contributed by atoms with Crippen LogP contribution in [0.3, 0.4) is 0 Å². The number of carbonyl (C=O) groups is 1. The van der Waals surface area contributed by atoms with Crippen molar-refractivity contribution in [1.29, 1.82) is 0 Å². The number of aromatic amines is 1. The Bertz CT molecular complexity index is 365. The molecule has 0 aliphatic carbocycles. The molecular weight excluding hydrogens is 246 g/mol. The van der Waals surface area contributed by atoms with E-state index in [0.29, 0.717) is 13.0 Å². The predicted molar refractivity (Wildman–Crippen MR) is 70.5 cm³/mol. The molecule has 110 valence electrons. The van der Waals surface area contributed by atoms with Gasteiger partial charge in [-0.1, -0.05) is 6.42 Å². The van der Waals surface area contributed by atoms with Crippen LogP contribution in [0.4, 0.5) is 0 Å². The van der Waals surface area contributed by atoms with Crippen molar-refractivity contribution in [3.63, 3.8) is 0 Å². The smallest absolute Gasteiger partial charge is 0.270 e. The molecular formula is C12H25N5O2. The van der Waals surface area contributed by atoms with Crippen molar-refractivity contribution in [2.75, 3.05) is 6.54 Å². The van der Waals surface area contributed by atoms with Gasteiger partial charge in [-0.25, -0.2) is 9.55 Å². The monoisotopic (exact) mass is 271 g/mol. The number of carbonyl (C=O) groups excluding carboxylic acids is 1. The van der Waals surface area contributed by atoms with E-state index in [9.17, 15) is 9.90 Å². The summed E-state index contributed by atoms with van der Waals surface area (Å²) in [6.45, 7) is 2.53. The third-order valence-corrected chi connectivity index (χ3v) is 2.61. The highest BCUT2D eigenvalue weighted by Crippen LogP contribution is 1.96. The SMILES string of the molecule is CC(N)c1[nH]cc[n+]1C.NCCCC[C@H](N)C(=O)[O-]. The van der Waals surface area contributed by atoms with E-state index in [2.05, 4.69) is 4.98 Å². The van der Waals surface area contributed by atoms with E-state index in [-0.39, 0.29) is 6.04 Å². The Balaban J connectivity index is 0.000000342. The summed E-state index contributed by atoms with van der Waals surface area (Å²) in [6, 6.07) is -0.739. The molecule has 7 nitrogen and oxygen atoms in total. The summed E-state index contributed by atoms with van der Waals surface area (Å²) in [5.74, 6) is -0.132. The number of unbranched alkanes of at least 4 members (excludes halogenated alkanes) is 1. The first kappa shape index (κ1) is 17.6. The zero-order chi connectivity index (χ0) is 14.8. The van der Waals surface area contributed by atoms with E-state index in [1.165, 1.54) is 0 Å². The number of rotatable bonds is 6. The number of nitrogens with two attached hydrogens (primary N) is 3. The Hall–Kier alpha value is -1.44. The average Bonchev–Trinajstić information content (AvgIpc) is 2.76. The lowest BCUT2D eigenvalue weighted by molar-refractivity contribution is -0.679. The second-order valence-electron chi connectivity index (χ2n) is 4.45. The number of hydrogen-bond donors (Lipinski definition) is 4. The van der Waals surface area contributed by atoms with E-state index in [0.717, 1.165) is 18.7 Å². The Labute approximate surface area is 113 Å². The first-order valence-electron chi connectivity index (χ1n) is 6.35. The van der Waals surface area contributed by atoms with Crippen molar-refractivity contribution in [3.05, 3.63) is 18.2 Å². The number of imidazole rings is 1. The van der Waals surface area contributed by atoms with Crippen molar-refractivity contribution in [3.8, 4) is 0 Å². The summed E-state index contributed by atoms with van der Waals surface area (Å²) in [5, 5.41) is 10.0. The fourth-order valence-electron chi connectivity index (χ4n) is 1.50. The van der Waals surface area contributed by atoms with Gasteiger partial charge in [0.05, 0.1) is 13.0 Å². The number of carboxylic acids is 1. The molecule has 7 heteroatoms. The van der Waals surface area contributed by atoms with Crippen molar-refractivity contribution < 1.29 is 14.5 Å². The van der Waals surface area contributed by atoms with Crippen LogP contribution in [0, 0.1) is 0 Å². The first-order valence-corrected chi connectivity index (χ1v) is 6.35. The summed E-state index contributed by atoms with van der Waals surface area (Å²) in [5.41, 5.74) is 15.9. The summed E-state index contributed by atoms with van der Waals surface area (Å²) >= 11 is 0. The Morgan fingerprint density at radius 2 is 2.11 bits per heavy atom. The summed E-state index contributed by atoms with van der Waals surface area (Å²) in [6.07, 6.45) is 5.85. The molecule has 1 aromatic heterocycles. The van der Waals surface area contributed by atoms with E-state index in [1.54, 1.807) is 0 Å². The highest BCUT2D eigenvalue weighted by molar-refractivity contribution is 5.70. The molecule has 1 aromatic rings. The lowest BCUT2D eigenvalue weighted by atomic mass is 10.1. The average molecular weight is 271 g/mol.